The molecule has 156 valence electrons. The van der Waals surface area contributed by atoms with Gasteiger partial charge in [-0.25, -0.2) is 0 Å². The quantitative estimate of drug-likeness (QED) is 0.543. The molecule has 0 radical (unpaired) electrons. The maximum Gasteiger partial charge on any atom is 0.310 e. The van der Waals surface area contributed by atoms with Crippen LogP contribution in [0.15, 0.2) is 12.2 Å². The van der Waals surface area contributed by atoms with Crippen LogP contribution in [-0.2, 0) is 19.1 Å². The van der Waals surface area contributed by atoms with E-state index in [0.717, 1.165) is 51.7 Å². The molecule has 0 amide bonds. The molecule has 0 aromatic heterocycles. The topological polar surface area (TPSA) is 55.8 Å². The smallest absolute Gasteiger partial charge is 0.310 e. The molecule has 2 heterocycles. The molecule has 0 N–H and O–H groups in total. The van der Waals surface area contributed by atoms with Crippen molar-refractivity contribution in [2.45, 2.75) is 64.9 Å². The first-order valence-corrected chi connectivity index (χ1v) is 11.2. The molecular weight excluding hydrogens is 354 g/mol. The lowest BCUT2D eigenvalue weighted by Gasteiger charge is -2.50. The molecule has 4 rings (SSSR count). The average molecular weight is 390 g/mol. The molecule has 2 aliphatic heterocycles. The lowest BCUT2D eigenvalue weighted by molar-refractivity contribution is -0.150. The molecule has 0 spiro atoms. The van der Waals surface area contributed by atoms with Gasteiger partial charge in [0.1, 0.15) is 6.10 Å². The first-order chi connectivity index (χ1) is 13.4. The van der Waals surface area contributed by atoms with Crippen molar-refractivity contribution in [3.63, 3.8) is 0 Å². The monoisotopic (exact) mass is 389 g/mol. The maximum atomic E-state index is 12.7. The summed E-state index contributed by atoms with van der Waals surface area (Å²) in [5.74, 6) is 0.779. The number of rotatable bonds is 4. The van der Waals surface area contributed by atoms with Gasteiger partial charge in [-0.3, -0.25) is 9.59 Å². The van der Waals surface area contributed by atoms with Crippen LogP contribution in [-0.4, -0.2) is 49.2 Å². The van der Waals surface area contributed by atoms with Gasteiger partial charge in [-0.15, -0.1) is 0 Å². The molecule has 0 aromatic rings. The van der Waals surface area contributed by atoms with Gasteiger partial charge in [0.2, 0.25) is 0 Å². The first-order valence-electron chi connectivity index (χ1n) is 11.2. The van der Waals surface area contributed by atoms with Gasteiger partial charge >= 0.3 is 11.9 Å². The normalized spacial score (nSPS) is 39.2. The zero-order chi connectivity index (χ0) is 19.9. The van der Waals surface area contributed by atoms with E-state index < -0.39 is 0 Å². The second-order valence-electron chi connectivity index (χ2n) is 9.73. The summed E-state index contributed by atoms with van der Waals surface area (Å²) in [6.45, 7) is 11.5. The summed E-state index contributed by atoms with van der Waals surface area (Å²) >= 11 is 0. The van der Waals surface area contributed by atoms with Crippen LogP contribution in [0.1, 0.15) is 58.8 Å². The van der Waals surface area contributed by atoms with E-state index in [-0.39, 0.29) is 35.3 Å². The summed E-state index contributed by atoms with van der Waals surface area (Å²) in [6, 6.07) is 0. The predicted octanol–water partition coefficient (Wildman–Crippen LogP) is 3.58. The van der Waals surface area contributed by atoms with Crippen LogP contribution in [0, 0.1) is 29.1 Å². The highest BCUT2D eigenvalue weighted by molar-refractivity contribution is 5.76. The molecule has 5 unspecified atom stereocenters. The fraction of sp³-hybridized carbons (Fsp3) is 0.826. The van der Waals surface area contributed by atoms with Crippen molar-refractivity contribution >= 4 is 11.9 Å². The lowest BCUT2D eigenvalue weighted by Crippen LogP contribution is -2.46. The second-order valence-corrected chi connectivity index (χ2v) is 9.73. The fourth-order valence-electron chi connectivity index (χ4n) is 6.35. The van der Waals surface area contributed by atoms with Crippen molar-refractivity contribution in [3.05, 3.63) is 12.2 Å². The summed E-state index contributed by atoms with van der Waals surface area (Å²) in [4.78, 5) is 27.0. The van der Waals surface area contributed by atoms with Crippen molar-refractivity contribution in [2.75, 3.05) is 26.2 Å². The Bertz CT molecular complexity index is 639. The zero-order valence-electron chi connectivity index (χ0n) is 17.5. The minimum atomic E-state index is -0.0649. The van der Waals surface area contributed by atoms with Crippen molar-refractivity contribution in [2.24, 2.45) is 29.1 Å². The third-order valence-electron chi connectivity index (χ3n) is 7.98. The van der Waals surface area contributed by atoms with Crippen LogP contribution in [0.3, 0.4) is 0 Å². The Hall–Kier alpha value is -1.36. The molecule has 2 saturated heterocycles. The van der Waals surface area contributed by atoms with E-state index in [9.17, 15) is 9.59 Å². The Morgan fingerprint density at radius 1 is 1.36 bits per heavy atom. The molecule has 0 aromatic carbocycles. The predicted molar refractivity (Wildman–Crippen MR) is 106 cm³/mol. The Labute approximate surface area is 168 Å². The number of hydrogen-bond donors (Lipinski definition) is 0. The first kappa shape index (κ1) is 19.9. The Kier molecular flexibility index (Phi) is 5.56. The van der Waals surface area contributed by atoms with E-state index >= 15 is 0 Å². The van der Waals surface area contributed by atoms with Crippen LogP contribution >= 0.6 is 0 Å². The van der Waals surface area contributed by atoms with Crippen LogP contribution in [0.5, 0.6) is 0 Å². The van der Waals surface area contributed by atoms with Crippen LogP contribution in [0.4, 0.5) is 0 Å². The summed E-state index contributed by atoms with van der Waals surface area (Å²) in [6.07, 6.45) is 7.36. The average Bonchev–Trinajstić information content (AvgIpc) is 2.95. The van der Waals surface area contributed by atoms with Crippen LogP contribution in [0.2, 0.25) is 0 Å². The Balaban J connectivity index is 1.38. The largest absolute Gasteiger partial charge is 0.466 e. The molecule has 0 bridgehead atoms. The standard InChI is InChI=1S/C23H35NO4/c1-4-27-21(25)16-7-10-24(11-8-16)14-18-17-12-19-15(2)6-5-9-23(19,3)13-20(17)28-22(18)26/h16-20H,2,4-14H2,1,3H3. The second kappa shape index (κ2) is 7.81. The number of allylic oxidation sites excluding steroid dienone is 1. The van der Waals surface area contributed by atoms with Gasteiger partial charge in [-0.2, -0.15) is 0 Å². The van der Waals surface area contributed by atoms with Crippen molar-refractivity contribution < 1.29 is 19.1 Å². The molecular formula is C23H35NO4. The van der Waals surface area contributed by atoms with Crippen molar-refractivity contribution in [1.29, 1.82) is 0 Å². The number of hydrogen-bond acceptors (Lipinski definition) is 5. The number of fused-ring (bicyclic) bond motifs is 2. The third-order valence-corrected chi connectivity index (χ3v) is 7.98. The van der Waals surface area contributed by atoms with Crippen LogP contribution < -0.4 is 0 Å². The summed E-state index contributed by atoms with van der Waals surface area (Å²) in [5, 5.41) is 0. The highest BCUT2D eigenvalue weighted by atomic mass is 16.6. The molecule has 4 aliphatic rings. The zero-order valence-corrected chi connectivity index (χ0v) is 17.5. The van der Waals surface area contributed by atoms with E-state index in [0.29, 0.717) is 18.4 Å². The van der Waals surface area contributed by atoms with Crippen molar-refractivity contribution in [3.8, 4) is 0 Å². The third kappa shape index (κ3) is 3.62. The number of esters is 2. The van der Waals surface area contributed by atoms with E-state index in [1.165, 1.54) is 18.4 Å². The minimum absolute atomic E-state index is 0.00428. The van der Waals surface area contributed by atoms with E-state index in [2.05, 4.69) is 18.4 Å². The number of likely N-dealkylation sites (tertiary alicyclic amines) is 1. The SMILES string of the molecule is C=C1CCCC2(C)CC3OC(=O)C(CN4CCC(C(=O)OCC)CC4)C3CC12. The summed E-state index contributed by atoms with van der Waals surface area (Å²) in [5.41, 5.74) is 1.64. The molecule has 2 aliphatic carbocycles. The van der Waals surface area contributed by atoms with Gasteiger partial charge in [0.05, 0.1) is 18.4 Å². The number of piperidine rings is 1. The number of nitrogens with zero attached hydrogens (tertiary/aromatic N) is 1. The number of carbonyl (C=O) groups is 2. The molecule has 28 heavy (non-hydrogen) atoms. The van der Waals surface area contributed by atoms with Gasteiger partial charge in [0, 0.05) is 12.5 Å². The minimum Gasteiger partial charge on any atom is -0.466 e. The van der Waals surface area contributed by atoms with Gasteiger partial charge in [0.15, 0.2) is 0 Å². The highest BCUT2D eigenvalue weighted by Crippen LogP contribution is 2.56. The highest BCUT2D eigenvalue weighted by Gasteiger charge is 2.55. The molecule has 2 saturated carbocycles. The van der Waals surface area contributed by atoms with E-state index in [1.807, 2.05) is 6.92 Å². The Morgan fingerprint density at radius 3 is 2.82 bits per heavy atom. The van der Waals surface area contributed by atoms with Crippen molar-refractivity contribution in [1.82, 2.24) is 4.90 Å². The fourth-order valence-corrected chi connectivity index (χ4v) is 6.35. The number of ether oxygens (including phenoxy) is 2. The number of carbonyl (C=O) groups excluding carboxylic acids is 2. The van der Waals surface area contributed by atoms with Gasteiger partial charge < -0.3 is 14.4 Å². The van der Waals surface area contributed by atoms with Gasteiger partial charge in [-0.05, 0) is 76.3 Å². The van der Waals surface area contributed by atoms with E-state index in [4.69, 9.17) is 9.47 Å². The summed E-state index contributed by atoms with van der Waals surface area (Å²) in [7, 11) is 0. The van der Waals surface area contributed by atoms with Gasteiger partial charge in [0.25, 0.3) is 0 Å². The lowest BCUT2D eigenvalue weighted by atomic mass is 9.55. The molecule has 5 nitrogen and oxygen atoms in total. The summed E-state index contributed by atoms with van der Waals surface area (Å²) < 4.78 is 11.1. The maximum absolute atomic E-state index is 12.7. The van der Waals surface area contributed by atoms with Gasteiger partial charge in [-0.1, -0.05) is 19.1 Å². The van der Waals surface area contributed by atoms with Crippen LogP contribution in [0.25, 0.3) is 0 Å². The molecule has 5 heteroatoms. The Morgan fingerprint density at radius 2 is 2.11 bits per heavy atom. The molecule has 4 fully saturated rings. The molecule has 5 atom stereocenters. The van der Waals surface area contributed by atoms with E-state index in [1.54, 1.807) is 0 Å².